The molecule has 0 saturated heterocycles. The first-order valence-electron chi connectivity index (χ1n) is 5.37. The van der Waals surface area contributed by atoms with E-state index in [0.29, 0.717) is 17.5 Å². The molecule has 19 heavy (non-hydrogen) atoms. The Morgan fingerprint density at radius 1 is 1.42 bits per heavy atom. The van der Waals surface area contributed by atoms with Crippen LogP contribution in [0, 0.1) is 5.41 Å². The third-order valence-electron chi connectivity index (χ3n) is 2.45. The van der Waals surface area contributed by atoms with Crippen molar-refractivity contribution in [2.45, 2.75) is 5.88 Å². The Morgan fingerprint density at radius 2 is 2.21 bits per heavy atom. The van der Waals surface area contributed by atoms with Crippen molar-refractivity contribution >= 4 is 46.9 Å². The van der Waals surface area contributed by atoms with Gasteiger partial charge in [-0.05, 0) is 29.1 Å². The summed E-state index contributed by atoms with van der Waals surface area (Å²) in [7, 11) is 1.61. The van der Waals surface area contributed by atoms with Gasteiger partial charge in [-0.3, -0.25) is 5.41 Å². The van der Waals surface area contributed by atoms with Crippen LogP contribution in [-0.4, -0.2) is 12.9 Å². The van der Waals surface area contributed by atoms with E-state index in [9.17, 15) is 0 Å². The molecule has 0 radical (unpaired) electrons. The molecular formula is C13H14Cl2N2OS. The van der Waals surface area contributed by atoms with E-state index >= 15 is 0 Å². The fraction of sp³-hybridized carbons (Fsp3) is 0.154. The number of ether oxygens (including phenoxy) is 1. The molecule has 1 heterocycles. The summed E-state index contributed by atoms with van der Waals surface area (Å²) in [6, 6.07) is 9.47. The summed E-state index contributed by atoms with van der Waals surface area (Å²) in [6.45, 7) is 0. The van der Waals surface area contributed by atoms with Crippen LogP contribution in [0.5, 0.6) is 5.75 Å². The van der Waals surface area contributed by atoms with Crippen molar-refractivity contribution in [1.29, 1.82) is 5.41 Å². The zero-order valence-electron chi connectivity index (χ0n) is 10.3. The average molecular weight is 317 g/mol. The fourth-order valence-electron chi connectivity index (χ4n) is 1.55. The summed E-state index contributed by atoms with van der Waals surface area (Å²) in [4.78, 5) is 0.883. The molecule has 1 aromatic heterocycles. The molecule has 2 N–H and O–H groups in total. The van der Waals surface area contributed by atoms with E-state index in [0.717, 1.165) is 16.1 Å². The average Bonchev–Trinajstić information content (AvgIpc) is 2.92. The topological polar surface area (TPSA) is 45.1 Å². The highest BCUT2D eigenvalue weighted by atomic mass is 35.5. The minimum absolute atomic E-state index is 0. The molecule has 0 fully saturated rings. The van der Waals surface area contributed by atoms with E-state index in [1.165, 1.54) is 11.3 Å². The summed E-state index contributed by atoms with van der Waals surface area (Å²) in [5.41, 5.74) is 1.74. The van der Waals surface area contributed by atoms with Gasteiger partial charge >= 0.3 is 0 Å². The van der Waals surface area contributed by atoms with Gasteiger partial charge in [-0.25, -0.2) is 0 Å². The van der Waals surface area contributed by atoms with Crippen LogP contribution in [0.2, 0.25) is 0 Å². The molecule has 0 bridgehead atoms. The maximum absolute atomic E-state index is 7.99. The number of hydrogen-bond acceptors (Lipinski definition) is 3. The van der Waals surface area contributed by atoms with Crippen LogP contribution in [0.3, 0.4) is 0 Å². The first kappa shape index (κ1) is 15.8. The van der Waals surface area contributed by atoms with Gasteiger partial charge in [0.15, 0.2) is 0 Å². The van der Waals surface area contributed by atoms with E-state index in [-0.39, 0.29) is 12.4 Å². The molecule has 102 valence electrons. The SMILES string of the molecule is COc1ccc(CCl)cc1NC(=N)c1cccs1.Cl. The quantitative estimate of drug-likeness (QED) is 0.500. The van der Waals surface area contributed by atoms with Crippen LogP contribution in [0.25, 0.3) is 0 Å². The first-order chi connectivity index (χ1) is 8.74. The number of methoxy groups -OCH3 is 1. The second kappa shape index (κ2) is 7.38. The molecule has 2 aromatic rings. The molecule has 1 aromatic carbocycles. The van der Waals surface area contributed by atoms with Crippen molar-refractivity contribution in [2.24, 2.45) is 0 Å². The molecule has 0 aliphatic carbocycles. The zero-order chi connectivity index (χ0) is 13.0. The van der Waals surface area contributed by atoms with Gasteiger partial charge < -0.3 is 10.1 Å². The molecule has 0 atom stereocenters. The highest BCUT2D eigenvalue weighted by molar-refractivity contribution is 7.12. The van der Waals surface area contributed by atoms with Gasteiger partial charge in [-0.1, -0.05) is 12.1 Å². The Balaban J connectivity index is 0.00000180. The standard InChI is InChI=1S/C13H13ClN2OS.ClH/c1-17-11-5-4-9(8-14)7-10(11)16-13(15)12-3-2-6-18-12;/h2-7H,8H2,1H3,(H2,15,16);1H. The number of rotatable bonds is 4. The minimum Gasteiger partial charge on any atom is -0.495 e. The maximum Gasteiger partial charge on any atom is 0.142 e. The Morgan fingerprint density at radius 3 is 2.79 bits per heavy atom. The van der Waals surface area contributed by atoms with Gasteiger partial charge in [-0.15, -0.1) is 35.3 Å². The smallest absolute Gasteiger partial charge is 0.142 e. The predicted octanol–water partition coefficient (Wildman–Crippen LogP) is 4.35. The lowest BCUT2D eigenvalue weighted by Gasteiger charge is -2.12. The number of amidine groups is 1. The third-order valence-corrected chi connectivity index (χ3v) is 3.64. The van der Waals surface area contributed by atoms with E-state index in [1.54, 1.807) is 7.11 Å². The second-order valence-electron chi connectivity index (χ2n) is 3.65. The highest BCUT2D eigenvalue weighted by Gasteiger charge is 2.08. The molecule has 3 nitrogen and oxygen atoms in total. The largest absolute Gasteiger partial charge is 0.495 e. The van der Waals surface area contributed by atoms with Crippen molar-refractivity contribution in [3.05, 3.63) is 46.2 Å². The van der Waals surface area contributed by atoms with E-state index < -0.39 is 0 Å². The Hall–Kier alpha value is -1.23. The summed E-state index contributed by atoms with van der Waals surface area (Å²) in [5.74, 6) is 1.49. The Kier molecular flexibility index (Phi) is 6.15. The van der Waals surface area contributed by atoms with Crippen molar-refractivity contribution in [2.75, 3.05) is 12.4 Å². The number of alkyl halides is 1. The number of anilines is 1. The number of benzene rings is 1. The lowest BCUT2D eigenvalue weighted by atomic mass is 10.2. The van der Waals surface area contributed by atoms with Crippen LogP contribution < -0.4 is 10.1 Å². The molecule has 0 spiro atoms. The van der Waals surface area contributed by atoms with Crippen LogP contribution >= 0.6 is 35.3 Å². The van der Waals surface area contributed by atoms with Crippen molar-refractivity contribution in [1.82, 2.24) is 0 Å². The number of hydrogen-bond donors (Lipinski definition) is 2. The van der Waals surface area contributed by atoms with Crippen LogP contribution in [0.1, 0.15) is 10.4 Å². The molecule has 0 amide bonds. The predicted molar refractivity (Wildman–Crippen MR) is 84.6 cm³/mol. The zero-order valence-corrected chi connectivity index (χ0v) is 12.7. The van der Waals surface area contributed by atoms with Gasteiger partial charge in [0.1, 0.15) is 11.6 Å². The highest BCUT2D eigenvalue weighted by Crippen LogP contribution is 2.27. The van der Waals surface area contributed by atoms with Gasteiger partial charge in [-0.2, -0.15) is 0 Å². The number of nitrogens with one attached hydrogen (secondary N) is 2. The molecule has 0 aliphatic rings. The summed E-state index contributed by atoms with van der Waals surface area (Å²) < 4.78 is 5.26. The minimum atomic E-state index is 0. The lowest BCUT2D eigenvalue weighted by molar-refractivity contribution is 0.417. The van der Waals surface area contributed by atoms with Crippen LogP contribution in [0.15, 0.2) is 35.7 Å². The Bertz CT molecular complexity index is 544. The number of thiophene rings is 1. The van der Waals surface area contributed by atoms with Crippen molar-refractivity contribution in [3.63, 3.8) is 0 Å². The molecule has 2 rings (SSSR count). The van der Waals surface area contributed by atoms with Gasteiger partial charge in [0.2, 0.25) is 0 Å². The van der Waals surface area contributed by atoms with E-state index in [1.807, 2.05) is 35.7 Å². The second-order valence-corrected chi connectivity index (χ2v) is 4.86. The lowest BCUT2D eigenvalue weighted by Crippen LogP contribution is -2.11. The van der Waals surface area contributed by atoms with Crippen LogP contribution in [0.4, 0.5) is 5.69 Å². The van der Waals surface area contributed by atoms with E-state index in [2.05, 4.69) is 5.32 Å². The Labute approximate surface area is 127 Å². The molecule has 0 aliphatic heterocycles. The monoisotopic (exact) mass is 316 g/mol. The summed E-state index contributed by atoms with van der Waals surface area (Å²) >= 11 is 7.33. The fourth-order valence-corrected chi connectivity index (χ4v) is 2.35. The van der Waals surface area contributed by atoms with Crippen molar-refractivity contribution in [3.8, 4) is 5.75 Å². The van der Waals surface area contributed by atoms with Gasteiger partial charge in [0.25, 0.3) is 0 Å². The van der Waals surface area contributed by atoms with Crippen LogP contribution in [-0.2, 0) is 5.88 Å². The molecule has 6 heteroatoms. The maximum atomic E-state index is 7.99. The summed E-state index contributed by atoms with van der Waals surface area (Å²) in [6.07, 6.45) is 0. The molecular weight excluding hydrogens is 303 g/mol. The first-order valence-corrected chi connectivity index (χ1v) is 6.78. The number of halogens is 2. The van der Waals surface area contributed by atoms with Gasteiger partial charge in [0.05, 0.1) is 17.7 Å². The molecule has 0 saturated carbocycles. The molecule has 0 unspecified atom stereocenters. The van der Waals surface area contributed by atoms with Crippen molar-refractivity contribution < 1.29 is 4.74 Å². The van der Waals surface area contributed by atoms with E-state index in [4.69, 9.17) is 21.7 Å². The third kappa shape index (κ3) is 3.86. The normalized spacial score (nSPS) is 9.58. The summed E-state index contributed by atoms with van der Waals surface area (Å²) in [5, 5.41) is 13.0. The van der Waals surface area contributed by atoms with Gasteiger partial charge in [0, 0.05) is 5.88 Å².